The first-order valence-corrected chi connectivity index (χ1v) is 9.35. The van der Waals surface area contributed by atoms with E-state index < -0.39 is 29.7 Å². The molecule has 1 saturated heterocycles. The molecule has 0 bridgehead atoms. The molecule has 12 heteroatoms. The Morgan fingerprint density at radius 2 is 1.90 bits per heavy atom. The number of halogens is 4. The molecule has 1 aliphatic carbocycles. The third-order valence-corrected chi connectivity index (χ3v) is 5.29. The van der Waals surface area contributed by atoms with Gasteiger partial charge in [-0.3, -0.25) is 15.0 Å². The summed E-state index contributed by atoms with van der Waals surface area (Å²) in [5.74, 6) is -1.94. The Kier molecular flexibility index (Phi) is 4.92. The van der Waals surface area contributed by atoms with Crippen LogP contribution < -0.4 is 16.0 Å². The average molecular weight is 441 g/mol. The van der Waals surface area contributed by atoms with E-state index in [1.54, 1.807) is 11.5 Å². The molecule has 0 aromatic carbocycles. The Morgan fingerprint density at radius 1 is 1.20 bits per heavy atom. The van der Waals surface area contributed by atoms with Crippen LogP contribution in [0.25, 0.3) is 0 Å². The number of hydrogen-bond acceptors (Lipinski definition) is 6. The lowest BCUT2D eigenvalue weighted by molar-refractivity contribution is -0.188. The Labute approximate surface area is 173 Å². The molecule has 158 valence electrons. The average Bonchev–Trinajstić information content (AvgIpc) is 3.21. The number of rotatable bonds is 5. The fraction of sp³-hybridized carbons (Fsp3) is 0.333. The molecule has 0 unspecified atom stereocenters. The molecule has 4 rings (SSSR count). The summed E-state index contributed by atoms with van der Waals surface area (Å²) in [5.41, 5.74) is -2.48. The zero-order chi connectivity index (χ0) is 21.5. The van der Waals surface area contributed by atoms with Crippen LogP contribution >= 0.6 is 11.6 Å². The number of fused-ring (bicyclic) bond motifs is 1. The first-order valence-electron chi connectivity index (χ1n) is 8.98. The molecular formula is C18H16ClF3N6O2. The quantitative estimate of drug-likeness (QED) is 0.608. The van der Waals surface area contributed by atoms with Crippen LogP contribution in [0.15, 0.2) is 48.5 Å². The number of aromatic nitrogens is 2. The number of amides is 3. The lowest BCUT2D eigenvalue weighted by Gasteiger charge is -2.29. The van der Waals surface area contributed by atoms with Crippen LogP contribution in [0.5, 0.6) is 0 Å². The molecule has 3 heterocycles. The van der Waals surface area contributed by atoms with Gasteiger partial charge in [-0.2, -0.15) is 13.2 Å². The molecule has 3 N–H and O–H groups in total. The molecule has 3 aliphatic rings. The van der Waals surface area contributed by atoms with E-state index in [9.17, 15) is 22.8 Å². The topological polar surface area (TPSA) is 99.2 Å². The molecule has 8 nitrogen and oxygen atoms in total. The van der Waals surface area contributed by atoms with Gasteiger partial charge in [0.2, 0.25) is 5.95 Å². The summed E-state index contributed by atoms with van der Waals surface area (Å²) in [5, 5.41) is 6.92. The third kappa shape index (κ3) is 3.38. The van der Waals surface area contributed by atoms with E-state index >= 15 is 0 Å². The number of anilines is 1. The highest BCUT2D eigenvalue weighted by atomic mass is 35.5. The van der Waals surface area contributed by atoms with Crippen LogP contribution in [0, 0.1) is 5.92 Å². The van der Waals surface area contributed by atoms with Crippen molar-refractivity contribution in [3.8, 4) is 0 Å². The van der Waals surface area contributed by atoms with Crippen molar-refractivity contribution in [2.75, 3.05) is 11.9 Å². The van der Waals surface area contributed by atoms with Crippen molar-refractivity contribution in [1.29, 1.82) is 0 Å². The molecule has 0 saturated carbocycles. The second kappa shape index (κ2) is 7.31. The van der Waals surface area contributed by atoms with Crippen molar-refractivity contribution in [2.45, 2.75) is 24.3 Å². The van der Waals surface area contributed by atoms with E-state index in [-0.39, 0.29) is 29.9 Å². The lowest BCUT2D eigenvalue weighted by Crippen LogP contribution is -2.64. The summed E-state index contributed by atoms with van der Waals surface area (Å²) in [6, 6.07) is -1.09. The van der Waals surface area contributed by atoms with Crippen LogP contribution in [-0.4, -0.2) is 51.2 Å². The van der Waals surface area contributed by atoms with Crippen LogP contribution in [0.4, 0.5) is 23.9 Å². The predicted octanol–water partition coefficient (Wildman–Crippen LogP) is 2.34. The number of urea groups is 1. The van der Waals surface area contributed by atoms with E-state index in [1.165, 1.54) is 0 Å². The van der Waals surface area contributed by atoms with E-state index in [1.807, 2.05) is 29.6 Å². The largest absolute Gasteiger partial charge is 0.440 e. The lowest BCUT2D eigenvalue weighted by atomic mass is 9.90. The number of alkyl halides is 3. The molecule has 0 spiro atoms. The van der Waals surface area contributed by atoms with E-state index in [0.717, 1.165) is 18.0 Å². The molecule has 1 aromatic rings. The molecule has 1 fully saturated rings. The van der Waals surface area contributed by atoms with Crippen molar-refractivity contribution in [3.05, 3.63) is 53.5 Å². The van der Waals surface area contributed by atoms with Crippen molar-refractivity contribution >= 4 is 29.5 Å². The van der Waals surface area contributed by atoms with Gasteiger partial charge in [0.25, 0.3) is 11.6 Å². The van der Waals surface area contributed by atoms with E-state index in [2.05, 4.69) is 15.3 Å². The summed E-state index contributed by atoms with van der Waals surface area (Å²) in [6.07, 6.45) is 6.69. The summed E-state index contributed by atoms with van der Waals surface area (Å²) in [4.78, 5) is 32.9. The Balaban J connectivity index is 1.52. The number of carbonyl (C=O) groups excluding carboxylic acids is 2. The molecule has 2 aliphatic heterocycles. The summed E-state index contributed by atoms with van der Waals surface area (Å²) in [6.45, 7) is -0.208. The van der Waals surface area contributed by atoms with Crippen LogP contribution in [0.1, 0.15) is 6.42 Å². The fourth-order valence-electron chi connectivity index (χ4n) is 3.57. The highest BCUT2D eigenvalue weighted by Crippen LogP contribution is 2.37. The van der Waals surface area contributed by atoms with Crippen molar-refractivity contribution in [1.82, 2.24) is 25.5 Å². The Morgan fingerprint density at radius 3 is 2.60 bits per heavy atom. The first-order chi connectivity index (χ1) is 14.2. The molecule has 0 radical (unpaired) electrons. The van der Waals surface area contributed by atoms with Gasteiger partial charge in [-0.15, -0.1) is 0 Å². The number of nitrogens with one attached hydrogen (secondary N) is 3. The van der Waals surface area contributed by atoms with Crippen molar-refractivity contribution in [2.24, 2.45) is 5.92 Å². The maximum absolute atomic E-state index is 13.9. The highest BCUT2D eigenvalue weighted by molar-refractivity contribution is 6.30. The van der Waals surface area contributed by atoms with Gasteiger partial charge >= 0.3 is 12.2 Å². The molecular weight excluding hydrogens is 425 g/mol. The minimum absolute atomic E-state index is 0.0312. The number of carbonyl (C=O) groups is 2. The second-order valence-electron chi connectivity index (χ2n) is 6.94. The Hall–Kier alpha value is -3.08. The molecule has 30 heavy (non-hydrogen) atoms. The zero-order valence-corrected chi connectivity index (χ0v) is 16.0. The van der Waals surface area contributed by atoms with Crippen molar-refractivity contribution in [3.63, 3.8) is 0 Å². The summed E-state index contributed by atoms with van der Waals surface area (Å²) >= 11 is 5.64. The van der Waals surface area contributed by atoms with Gasteiger partial charge in [0.05, 0.1) is 23.5 Å². The van der Waals surface area contributed by atoms with E-state index in [0.29, 0.717) is 4.90 Å². The monoisotopic (exact) mass is 440 g/mol. The van der Waals surface area contributed by atoms with Gasteiger partial charge < -0.3 is 10.6 Å². The van der Waals surface area contributed by atoms with Crippen LogP contribution in [0.3, 0.4) is 0 Å². The summed E-state index contributed by atoms with van der Waals surface area (Å²) in [7, 11) is 0. The van der Waals surface area contributed by atoms with Gasteiger partial charge in [0, 0.05) is 12.5 Å². The number of nitrogens with zero attached hydrogens (tertiary/aromatic N) is 3. The minimum atomic E-state index is -5.15. The van der Waals surface area contributed by atoms with Crippen LogP contribution in [0.2, 0.25) is 5.02 Å². The smallest absolute Gasteiger partial charge is 0.384 e. The number of imide groups is 1. The molecule has 1 aromatic heterocycles. The van der Waals surface area contributed by atoms with Crippen LogP contribution in [-0.2, 0) is 4.79 Å². The molecule has 3 atom stereocenters. The van der Waals surface area contributed by atoms with Gasteiger partial charge in [0.15, 0.2) is 0 Å². The third-order valence-electron chi connectivity index (χ3n) is 5.10. The van der Waals surface area contributed by atoms with Crippen molar-refractivity contribution < 1.29 is 22.8 Å². The summed E-state index contributed by atoms with van der Waals surface area (Å²) < 4.78 is 41.7. The maximum atomic E-state index is 13.9. The zero-order valence-electron chi connectivity index (χ0n) is 15.3. The number of allylic oxidation sites excluding steroid dienone is 2. The highest BCUT2D eigenvalue weighted by Gasteiger charge is 2.68. The van der Waals surface area contributed by atoms with Gasteiger partial charge in [0.1, 0.15) is 0 Å². The van der Waals surface area contributed by atoms with Gasteiger partial charge in [-0.05, 0) is 18.2 Å². The molecule has 3 amide bonds. The minimum Gasteiger partial charge on any atom is -0.384 e. The fourth-order valence-corrected chi connectivity index (χ4v) is 3.67. The standard InChI is InChI=1S/C18H16ClF3N6O2/c19-11-8-24-15(25-9-11)26-17(18(20,21)22)14(29)28(16(30)27-17)6-5-10-7-23-13-4-2-1-3-12(10)13/h1-4,7-9,12-13,23H,5-6H2,(H,27,30)(H,24,25,26)/t12-,13+,17+/m0/s1. The predicted molar refractivity (Wildman–Crippen MR) is 101 cm³/mol. The van der Waals surface area contributed by atoms with Gasteiger partial charge in [-0.1, -0.05) is 35.9 Å². The maximum Gasteiger partial charge on any atom is 0.440 e. The second-order valence-corrected chi connectivity index (χ2v) is 7.38. The van der Waals surface area contributed by atoms with E-state index in [4.69, 9.17) is 11.6 Å². The van der Waals surface area contributed by atoms with Gasteiger partial charge in [-0.25, -0.2) is 14.8 Å². The number of hydrogen-bond donors (Lipinski definition) is 3. The first kappa shape index (κ1) is 20.2. The Bertz CT molecular complexity index is 962. The SMILES string of the molecule is O=C1N[C@@](Nc2ncc(Cl)cn2)(C(F)(F)F)C(=O)N1CCC1=CN[C@@H]2C=CC=C[C@@H]12. The normalized spacial score (nSPS) is 27.6.